The molecule has 1 heterocycles. The topological polar surface area (TPSA) is 55.4 Å². The smallest absolute Gasteiger partial charge is 0.349 e. The fourth-order valence-electron chi connectivity index (χ4n) is 2.56. The Balaban J connectivity index is 1.77. The minimum Gasteiger partial charge on any atom is -0.448 e. The van der Waals surface area contributed by atoms with E-state index in [1.807, 2.05) is 0 Å². The summed E-state index contributed by atoms with van der Waals surface area (Å²) < 4.78 is 46.8. The lowest BCUT2D eigenvalue weighted by Crippen LogP contribution is -2.30. The van der Waals surface area contributed by atoms with Gasteiger partial charge in [-0.25, -0.2) is 18.0 Å². The Morgan fingerprint density at radius 3 is 2.26 bits per heavy atom. The van der Waals surface area contributed by atoms with E-state index in [0.29, 0.717) is 15.6 Å². The number of aryl methyl sites for hydroxylation is 1. The average Bonchev–Trinajstić information content (AvgIpc) is 2.96. The van der Waals surface area contributed by atoms with Gasteiger partial charge in [0.1, 0.15) is 28.0 Å². The molecular weight excluding hydrogens is 379 g/mol. The first-order valence-electron chi connectivity index (χ1n) is 7.93. The number of hydrogen-bond acceptors (Lipinski definition) is 4. The molecule has 0 aliphatic heterocycles. The second kappa shape index (κ2) is 7.40. The van der Waals surface area contributed by atoms with Crippen LogP contribution in [0, 0.1) is 24.4 Å². The van der Waals surface area contributed by atoms with Gasteiger partial charge in [0, 0.05) is 10.1 Å². The molecule has 8 heteroatoms. The molecule has 3 rings (SSSR count). The lowest BCUT2D eigenvalue weighted by molar-refractivity contribution is -0.123. The van der Waals surface area contributed by atoms with Crippen LogP contribution >= 0.6 is 11.3 Å². The summed E-state index contributed by atoms with van der Waals surface area (Å²) in [7, 11) is 0. The highest BCUT2D eigenvalue weighted by Gasteiger charge is 2.24. The summed E-state index contributed by atoms with van der Waals surface area (Å²) in [6.45, 7) is 2.85. The largest absolute Gasteiger partial charge is 0.448 e. The predicted molar refractivity (Wildman–Crippen MR) is 96.4 cm³/mol. The molecule has 0 fully saturated rings. The molecule has 0 unspecified atom stereocenters. The second-order valence-corrected chi connectivity index (χ2v) is 6.85. The molecule has 1 amide bonds. The van der Waals surface area contributed by atoms with Gasteiger partial charge in [-0.1, -0.05) is 12.1 Å². The van der Waals surface area contributed by atoms with Crippen LogP contribution in [0.15, 0.2) is 36.4 Å². The second-order valence-electron chi connectivity index (χ2n) is 5.80. The third kappa shape index (κ3) is 3.66. The summed E-state index contributed by atoms with van der Waals surface area (Å²) in [5, 5.41) is 2.38. The molecule has 0 spiro atoms. The van der Waals surface area contributed by atoms with Crippen molar-refractivity contribution in [2.45, 2.75) is 20.0 Å². The number of hydrogen-bond donors (Lipinski definition) is 1. The van der Waals surface area contributed by atoms with Crippen LogP contribution in [0.2, 0.25) is 0 Å². The van der Waals surface area contributed by atoms with Crippen LogP contribution in [0.3, 0.4) is 0 Å². The Morgan fingerprint density at radius 2 is 1.63 bits per heavy atom. The highest BCUT2D eigenvalue weighted by molar-refractivity contribution is 7.21. The molecule has 0 bridgehead atoms. The molecule has 140 valence electrons. The average molecular weight is 393 g/mol. The molecule has 0 saturated heterocycles. The fraction of sp³-hybridized carbons (Fsp3) is 0.158. The van der Waals surface area contributed by atoms with E-state index in [0.717, 1.165) is 29.5 Å². The number of ether oxygens (including phenoxy) is 1. The van der Waals surface area contributed by atoms with E-state index in [1.165, 1.54) is 19.1 Å². The van der Waals surface area contributed by atoms with Crippen molar-refractivity contribution >= 4 is 39.0 Å². The van der Waals surface area contributed by atoms with Crippen LogP contribution in [0.25, 0.3) is 10.1 Å². The molecular formula is C19H14F3NO3S. The number of para-hydroxylation sites is 1. The SMILES string of the molecule is Cc1c(C(=O)O[C@@H](C)C(=O)Nc2c(F)cccc2F)sc2cccc(F)c12. The summed E-state index contributed by atoms with van der Waals surface area (Å²) in [6, 6.07) is 7.63. The van der Waals surface area contributed by atoms with Crippen LogP contribution in [-0.2, 0) is 9.53 Å². The third-order valence-corrected chi connectivity index (χ3v) is 5.19. The molecule has 1 aromatic heterocycles. The number of thiophene rings is 1. The number of anilines is 1. The number of esters is 1. The Labute approximate surface area is 156 Å². The zero-order valence-corrected chi connectivity index (χ0v) is 15.1. The first-order valence-corrected chi connectivity index (χ1v) is 8.74. The number of amides is 1. The molecule has 3 aromatic rings. The van der Waals surface area contributed by atoms with Gasteiger partial charge in [-0.3, -0.25) is 4.79 Å². The van der Waals surface area contributed by atoms with Crippen molar-refractivity contribution in [2.75, 3.05) is 5.32 Å². The van der Waals surface area contributed by atoms with Crippen LogP contribution in [0.1, 0.15) is 22.2 Å². The molecule has 4 nitrogen and oxygen atoms in total. The summed E-state index contributed by atoms with van der Waals surface area (Å²) in [4.78, 5) is 24.7. The standard InChI is InChI=1S/C19H14F3NO3S/c1-9-15-11(20)5-4-8-14(15)27-17(9)19(25)26-10(2)18(24)23-16-12(21)6-3-7-13(16)22/h3-8,10H,1-2H3,(H,23,24)/t10-/m0/s1. The molecule has 0 aliphatic carbocycles. The van der Waals surface area contributed by atoms with Crippen LogP contribution in [0.4, 0.5) is 18.9 Å². The van der Waals surface area contributed by atoms with E-state index >= 15 is 0 Å². The number of benzene rings is 2. The van der Waals surface area contributed by atoms with E-state index < -0.39 is 41.1 Å². The van der Waals surface area contributed by atoms with Gasteiger partial charge in [0.2, 0.25) is 0 Å². The Bertz CT molecular complexity index is 1030. The van der Waals surface area contributed by atoms with Gasteiger partial charge in [-0.15, -0.1) is 11.3 Å². The normalized spacial score (nSPS) is 12.0. The molecule has 0 aliphatic rings. The number of fused-ring (bicyclic) bond motifs is 1. The van der Waals surface area contributed by atoms with Crippen LogP contribution < -0.4 is 5.32 Å². The Morgan fingerprint density at radius 1 is 1.04 bits per heavy atom. The minimum absolute atomic E-state index is 0.159. The summed E-state index contributed by atoms with van der Waals surface area (Å²) in [6.07, 6.45) is -1.31. The van der Waals surface area contributed by atoms with Crippen molar-refractivity contribution in [3.63, 3.8) is 0 Å². The van der Waals surface area contributed by atoms with E-state index in [4.69, 9.17) is 4.74 Å². The summed E-state index contributed by atoms with van der Waals surface area (Å²) in [5.74, 6) is -4.06. The number of rotatable bonds is 4. The predicted octanol–water partition coefficient (Wildman–Crippen LogP) is 4.81. The van der Waals surface area contributed by atoms with Crippen LogP contribution in [-0.4, -0.2) is 18.0 Å². The van der Waals surface area contributed by atoms with Gasteiger partial charge in [-0.05, 0) is 43.7 Å². The van der Waals surface area contributed by atoms with Crippen LogP contribution in [0.5, 0.6) is 0 Å². The van der Waals surface area contributed by atoms with Gasteiger partial charge >= 0.3 is 5.97 Å². The third-order valence-electron chi connectivity index (χ3n) is 3.95. The number of nitrogens with one attached hydrogen (secondary N) is 1. The zero-order valence-electron chi connectivity index (χ0n) is 14.3. The fourth-order valence-corrected chi connectivity index (χ4v) is 3.66. The maximum Gasteiger partial charge on any atom is 0.349 e. The van der Waals surface area contributed by atoms with Crippen molar-refractivity contribution in [1.82, 2.24) is 0 Å². The molecule has 2 aromatic carbocycles. The first-order chi connectivity index (χ1) is 12.8. The van der Waals surface area contributed by atoms with E-state index in [2.05, 4.69) is 5.32 Å². The maximum absolute atomic E-state index is 14.0. The highest BCUT2D eigenvalue weighted by atomic mass is 32.1. The van der Waals surface area contributed by atoms with Gasteiger partial charge in [0.05, 0.1) is 0 Å². The van der Waals surface area contributed by atoms with Gasteiger partial charge in [-0.2, -0.15) is 0 Å². The Kier molecular flexibility index (Phi) is 5.18. The summed E-state index contributed by atoms with van der Waals surface area (Å²) >= 11 is 1.04. The van der Waals surface area contributed by atoms with E-state index in [-0.39, 0.29) is 4.88 Å². The van der Waals surface area contributed by atoms with E-state index in [9.17, 15) is 22.8 Å². The number of carbonyl (C=O) groups is 2. The van der Waals surface area contributed by atoms with E-state index in [1.54, 1.807) is 13.0 Å². The molecule has 1 atom stereocenters. The maximum atomic E-state index is 14.0. The van der Waals surface area contributed by atoms with Crippen molar-refractivity contribution in [3.05, 3.63) is 64.3 Å². The number of halogens is 3. The van der Waals surface area contributed by atoms with Gasteiger partial charge in [0.25, 0.3) is 5.91 Å². The highest BCUT2D eigenvalue weighted by Crippen LogP contribution is 2.33. The lowest BCUT2D eigenvalue weighted by atomic mass is 10.1. The molecule has 27 heavy (non-hydrogen) atoms. The van der Waals surface area contributed by atoms with Crippen molar-refractivity contribution in [2.24, 2.45) is 0 Å². The molecule has 0 radical (unpaired) electrons. The first kappa shape index (κ1) is 18.9. The van der Waals surface area contributed by atoms with Crippen molar-refractivity contribution < 1.29 is 27.5 Å². The van der Waals surface area contributed by atoms with Crippen molar-refractivity contribution in [3.8, 4) is 0 Å². The lowest BCUT2D eigenvalue weighted by Gasteiger charge is -2.14. The minimum atomic E-state index is -1.31. The van der Waals surface area contributed by atoms with Crippen molar-refractivity contribution in [1.29, 1.82) is 0 Å². The Hall–Kier alpha value is -2.87. The monoisotopic (exact) mass is 393 g/mol. The van der Waals surface area contributed by atoms with Gasteiger partial charge in [0.15, 0.2) is 6.10 Å². The molecule has 1 N–H and O–H groups in total. The number of carbonyl (C=O) groups excluding carboxylic acids is 2. The van der Waals surface area contributed by atoms with Gasteiger partial charge < -0.3 is 10.1 Å². The molecule has 0 saturated carbocycles. The zero-order chi connectivity index (χ0) is 19.7. The summed E-state index contributed by atoms with van der Waals surface area (Å²) in [5.41, 5.74) is -0.212. The quantitative estimate of drug-likeness (QED) is 0.647.